The number of hydrogen-bond donors (Lipinski definition) is 1. The number of thioether (sulfide) groups is 1. The zero-order chi connectivity index (χ0) is 23.4. The van der Waals surface area contributed by atoms with E-state index in [9.17, 15) is 19.3 Å². The van der Waals surface area contributed by atoms with Gasteiger partial charge in [-0.05, 0) is 37.3 Å². The number of nitrogens with one attached hydrogen (secondary N) is 1. The van der Waals surface area contributed by atoms with Crippen molar-refractivity contribution in [3.63, 3.8) is 0 Å². The van der Waals surface area contributed by atoms with Crippen LogP contribution >= 0.6 is 35.0 Å². The summed E-state index contributed by atoms with van der Waals surface area (Å²) in [7, 11) is 1.71. The lowest BCUT2D eigenvalue weighted by molar-refractivity contribution is -0.384. The van der Waals surface area contributed by atoms with Crippen molar-refractivity contribution in [3.05, 3.63) is 68.2 Å². The summed E-state index contributed by atoms with van der Waals surface area (Å²) in [6.07, 6.45) is -0.548. The van der Waals surface area contributed by atoms with Crippen LogP contribution in [0.3, 0.4) is 0 Å². The first-order valence-electron chi connectivity index (χ1n) is 9.03. The molecule has 0 saturated heterocycles. The van der Waals surface area contributed by atoms with E-state index in [0.29, 0.717) is 16.7 Å². The van der Waals surface area contributed by atoms with Gasteiger partial charge >= 0.3 is 0 Å². The van der Waals surface area contributed by atoms with Gasteiger partial charge in [-0.3, -0.25) is 14.9 Å². The fraction of sp³-hybridized carbons (Fsp3) is 0.211. The molecular formula is C19H16Cl2FN5O4S. The van der Waals surface area contributed by atoms with E-state index in [0.717, 1.165) is 17.8 Å². The van der Waals surface area contributed by atoms with E-state index < -0.39 is 22.8 Å². The average molecular weight is 500 g/mol. The zero-order valence-corrected chi connectivity index (χ0v) is 19.0. The molecule has 1 unspecified atom stereocenters. The first-order chi connectivity index (χ1) is 15.2. The fourth-order valence-corrected chi connectivity index (χ4v) is 3.79. The molecule has 3 rings (SSSR count). The summed E-state index contributed by atoms with van der Waals surface area (Å²) >= 11 is 12.9. The monoisotopic (exact) mass is 499 g/mol. The van der Waals surface area contributed by atoms with Gasteiger partial charge in [0.15, 0.2) is 17.1 Å². The second kappa shape index (κ2) is 10.2. The molecule has 0 bridgehead atoms. The second-order valence-corrected chi connectivity index (χ2v) is 8.25. The predicted octanol–water partition coefficient (Wildman–Crippen LogP) is 5.04. The van der Waals surface area contributed by atoms with Crippen LogP contribution in [-0.2, 0) is 11.8 Å². The molecule has 1 atom stereocenters. The molecule has 0 saturated carbocycles. The van der Waals surface area contributed by atoms with Crippen molar-refractivity contribution in [2.75, 3.05) is 11.1 Å². The van der Waals surface area contributed by atoms with Crippen LogP contribution in [0.15, 0.2) is 41.6 Å². The van der Waals surface area contributed by atoms with Gasteiger partial charge in [-0.25, -0.2) is 4.39 Å². The number of nitrogens with zero attached hydrogens (tertiary/aromatic N) is 4. The second-order valence-electron chi connectivity index (χ2n) is 6.49. The van der Waals surface area contributed by atoms with E-state index >= 15 is 0 Å². The van der Waals surface area contributed by atoms with Crippen molar-refractivity contribution < 1.29 is 18.8 Å². The van der Waals surface area contributed by atoms with Crippen molar-refractivity contribution in [2.24, 2.45) is 7.05 Å². The molecule has 168 valence electrons. The minimum absolute atomic E-state index is 0.0125. The number of carbonyl (C=O) groups excluding carboxylic acids is 1. The van der Waals surface area contributed by atoms with Crippen LogP contribution in [0.4, 0.5) is 15.8 Å². The fourth-order valence-electron chi connectivity index (χ4n) is 2.68. The van der Waals surface area contributed by atoms with Gasteiger partial charge in [-0.15, -0.1) is 10.2 Å². The number of nitro benzene ring substituents is 1. The Morgan fingerprint density at radius 1 is 1.28 bits per heavy atom. The van der Waals surface area contributed by atoms with E-state index in [1.807, 2.05) is 0 Å². The molecule has 32 heavy (non-hydrogen) atoms. The maximum Gasteiger partial charge on any atom is 0.289 e. The van der Waals surface area contributed by atoms with Crippen LogP contribution in [0.1, 0.15) is 18.9 Å². The van der Waals surface area contributed by atoms with Crippen molar-refractivity contribution in [1.29, 1.82) is 0 Å². The maximum atomic E-state index is 13.2. The van der Waals surface area contributed by atoms with Crippen LogP contribution in [0, 0.1) is 15.9 Å². The van der Waals surface area contributed by atoms with Crippen LogP contribution in [-0.4, -0.2) is 31.3 Å². The highest BCUT2D eigenvalue weighted by molar-refractivity contribution is 7.99. The molecule has 1 N–H and O–H groups in total. The highest BCUT2D eigenvalue weighted by Crippen LogP contribution is 2.30. The van der Waals surface area contributed by atoms with E-state index in [1.165, 1.54) is 30.3 Å². The number of nitro groups is 1. The van der Waals surface area contributed by atoms with Crippen molar-refractivity contribution in [3.8, 4) is 5.75 Å². The lowest BCUT2D eigenvalue weighted by Gasteiger charge is -2.15. The van der Waals surface area contributed by atoms with Crippen molar-refractivity contribution in [1.82, 2.24) is 14.8 Å². The first kappa shape index (κ1) is 23.8. The third kappa shape index (κ3) is 5.67. The van der Waals surface area contributed by atoms with Crippen LogP contribution in [0.2, 0.25) is 10.0 Å². The van der Waals surface area contributed by atoms with Gasteiger partial charge in [0.25, 0.3) is 5.69 Å². The molecule has 1 amide bonds. The van der Waals surface area contributed by atoms with Gasteiger partial charge in [0.2, 0.25) is 5.91 Å². The Hall–Kier alpha value is -2.89. The molecule has 0 spiro atoms. The van der Waals surface area contributed by atoms with Gasteiger partial charge in [0.1, 0.15) is 16.6 Å². The number of halogens is 3. The Morgan fingerprint density at radius 3 is 2.72 bits per heavy atom. The number of amides is 1. The summed E-state index contributed by atoms with van der Waals surface area (Å²) in [4.78, 5) is 22.6. The maximum absolute atomic E-state index is 13.2. The van der Waals surface area contributed by atoms with Gasteiger partial charge in [-0.1, -0.05) is 35.0 Å². The normalized spacial score (nSPS) is 11.8. The average Bonchev–Trinajstić information content (AvgIpc) is 3.10. The highest BCUT2D eigenvalue weighted by atomic mass is 35.5. The lowest BCUT2D eigenvalue weighted by atomic mass is 10.3. The van der Waals surface area contributed by atoms with Gasteiger partial charge in [0, 0.05) is 18.8 Å². The minimum Gasteiger partial charge on any atom is -0.481 e. The molecular weight excluding hydrogens is 484 g/mol. The largest absolute Gasteiger partial charge is 0.481 e. The SMILES string of the molecule is CC(Oc1ccc(F)cc1Cl)c1nnc(SCC(=O)Nc2ccc(Cl)c([N+](=O)[O-])c2)n1C. The number of carbonyl (C=O) groups is 1. The summed E-state index contributed by atoms with van der Waals surface area (Å²) in [6.45, 7) is 1.73. The third-order valence-electron chi connectivity index (χ3n) is 4.19. The Bertz CT molecular complexity index is 1180. The molecule has 9 nitrogen and oxygen atoms in total. The van der Waals surface area contributed by atoms with Crippen LogP contribution in [0.25, 0.3) is 0 Å². The summed E-state index contributed by atoms with van der Waals surface area (Å²) in [6, 6.07) is 7.80. The number of rotatable bonds is 8. The van der Waals surface area contributed by atoms with Crippen molar-refractivity contribution in [2.45, 2.75) is 18.2 Å². The van der Waals surface area contributed by atoms with Gasteiger partial charge < -0.3 is 14.6 Å². The Morgan fingerprint density at radius 2 is 2.03 bits per heavy atom. The molecule has 3 aromatic rings. The molecule has 0 aliphatic heterocycles. The zero-order valence-electron chi connectivity index (χ0n) is 16.7. The number of benzene rings is 2. The van der Waals surface area contributed by atoms with Crippen LogP contribution < -0.4 is 10.1 Å². The Labute approximate surface area is 196 Å². The molecule has 0 fully saturated rings. The van der Waals surface area contributed by atoms with Gasteiger partial charge in [-0.2, -0.15) is 0 Å². The minimum atomic E-state index is -0.629. The summed E-state index contributed by atoms with van der Waals surface area (Å²) < 4.78 is 20.6. The van der Waals surface area contributed by atoms with Crippen LogP contribution in [0.5, 0.6) is 5.75 Å². The standard InChI is InChI=1S/C19H16Cl2FN5O4S/c1-10(31-16-6-3-11(22)7-14(16)21)18-24-25-19(26(18)2)32-9-17(28)23-12-4-5-13(20)15(8-12)27(29)30/h3-8,10H,9H2,1-2H3,(H,23,28). The number of ether oxygens (including phenoxy) is 1. The molecule has 0 radical (unpaired) electrons. The number of aromatic nitrogens is 3. The van der Waals surface area contributed by atoms with E-state index in [2.05, 4.69) is 15.5 Å². The molecule has 0 aliphatic carbocycles. The molecule has 1 aromatic heterocycles. The third-order valence-corrected chi connectivity index (χ3v) is 5.82. The first-order valence-corrected chi connectivity index (χ1v) is 10.8. The quantitative estimate of drug-likeness (QED) is 0.262. The van der Waals surface area contributed by atoms with Gasteiger partial charge in [0.05, 0.1) is 15.7 Å². The Kier molecular flexibility index (Phi) is 7.54. The molecule has 0 aliphatic rings. The summed E-state index contributed by atoms with van der Waals surface area (Å²) in [5, 5.41) is 22.3. The van der Waals surface area contributed by atoms with E-state index in [1.54, 1.807) is 18.5 Å². The smallest absolute Gasteiger partial charge is 0.289 e. The predicted molar refractivity (Wildman–Crippen MR) is 119 cm³/mol. The van der Waals surface area contributed by atoms with E-state index in [-0.39, 0.29) is 27.2 Å². The van der Waals surface area contributed by atoms with E-state index in [4.69, 9.17) is 27.9 Å². The lowest BCUT2D eigenvalue weighted by Crippen LogP contribution is -2.15. The summed E-state index contributed by atoms with van der Waals surface area (Å²) in [5.74, 6) is -0.102. The summed E-state index contributed by atoms with van der Waals surface area (Å²) in [5.41, 5.74) is -0.0474. The Balaban J connectivity index is 1.61. The molecule has 2 aromatic carbocycles. The molecule has 13 heteroatoms. The topological polar surface area (TPSA) is 112 Å². The molecule has 1 heterocycles. The highest BCUT2D eigenvalue weighted by Gasteiger charge is 2.20. The van der Waals surface area contributed by atoms with Crippen molar-refractivity contribution >= 4 is 52.2 Å². The number of anilines is 1. The number of hydrogen-bond acceptors (Lipinski definition) is 7.